The molecule has 0 saturated heterocycles. The molecule has 0 bridgehead atoms. The van der Waals surface area contributed by atoms with E-state index in [1.54, 1.807) is 18.0 Å². The van der Waals surface area contributed by atoms with E-state index in [9.17, 15) is 4.79 Å². The maximum atomic E-state index is 13.4. The minimum atomic E-state index is -0.180. The van der Waals surface area contributed by atoms with Crippen molar-refractivity contribution in [2.24, 2.45) is 0 Å². The van der Waals surface area contributed by atoms with Crippen molar-refractivity contribution in [3.8, 4) is 22.7 Å². The van der Waals surface area contributed by atoms with Gasteiger partial charge < -0.3 is 15.0 Å². The predicted octanol–water partition coefficient (Wildman–Crippen LogP) is 4.58. The Hall–Kier alpha value is -3.90. The lowest BCUT2D eigenvalue weighted by Crippen LogP contribution is -2.34. The summed E-state index contributed by atoms with van der Waals surface area (Å²) in [4.78, 5) is 15.5. The molecule has 0 spiro atoms. The molecule has 1 N–H and O–H groups in total. The Balaban J connectivity index is 1.68. The maximum absolute atomic E-state index is 13.4. The summed E-state index contributed by atoms with van der Waals surface area (Å²) in [6.07, 6.45) is 1.78. The number of hydrogen-bond donors (Lipinski definition) is 1. The molecule has 0 radical (unpaired) electrons. The fraction of sp³-hybridized carbons (Fsp3) is 0.185. The molecule has 33 heavy (non-hydrogen) atoms. The highest BCUT2D eigenvalue weighted by Gasteiger charge is 2.22. The molecular weight excluding hydrogens is 412 g/mol. The summed E-state index contributed by atoms with van der Waals surface area (Å²) in [5.41, 5.74) is 3.87. The van der Waals surface area contributed by atoms with Gasteiger partial charge in [-0.15, -0.1) is 0 Å². The molecule has 0 aliphatic heterocycles. The van der Waals surface area contributed by atoms with Crippen LogP contribution < -0.4 is 10.1 Å². The highest BCUT2D eigenvalue weighted by atomic mass is 16.5. The number of benzene rings is 3. The van der Waals surface area contributed by atoms with Crippen molar-refractivity contribution in [3.63, 3.8) is 0 Å². The van der Waals surface area contributed by atoms with E-state index in [0.717, 1.165) is 16.8 Å². The average Bonchev–Trinajstić information content (AvgIpc) is 3.30. The first-order chi connectivity index (χ1) is 16.1. The Morgan fingerprint density at radius 1 is 0.970 bits per heavy atom. The van der Waals surface area contributed by atoms with Crippen molar-refractivity contribution < 1.29 is 9.53 Å². The third kappa shape index (κ3) is 4.96. The van der Waals surface area contributed by atoms with E-state index in [1.165, 1.54) is 0 Å². The number of aromatic nitrogens is 2. The van der Waals surface area contributed by atoms with Crippen LogP contribution in [0, 0.1) is 0 Å². The number of likely N-dealkylation sites (N-methyl/N-ethyl adjacent to an activating group) is 1. The standard InChI is InChI=1S/C27H28N4O2/c1-30(2)24(20-12-6-4-7-13-20)18-28-27(32)23-19-31(21-14-8-5-9-15-21)29-26(23)22-16-10-11-17-25(22)33-3/h4-17,19,24H,18H2,1-3H3,(H,28,32). The second-order valence-electron chi connectivity index (χ2n) is 7.97. The highest BCUT2D eigenvalue weighted by Crippen LogP contribution is 2.32. The fourth-order valence-electron chi connectivity index (χ4n) is 3.85. The van der Waals surface area contributed by atoms with Crippen LogP contribution in [0.2, 0.25) is 0 Å². The van der Waals surface area contributed by atoms with E-state index >= 15 is 0 Å². The molecule has 1 aromatic heterocycles. The first-order valence-corrected chi connectivity index (χ1v) is 10.9. The molecule has 1 unspecified atom stereocenters. The minimum absolute atomic E-state index is 0.0500. The van der Waals surface area contributed by atoms with Gasteiger partial charge in [0.2, 0.25) is 0 Å². The first kappa shape index (κ1) is 22.3. The van der Waals surface area contributed by atoms with Crippen LogP contribution >= 0.6 is 0 Å². The molecule has 1 atom stereocenters. The van der Waals surface area contributed by atoms with Gasteiger partial charge in [-0.25, -0.2) is 4.68 Å². The molecule has 0 aliphatic carbocycles. The third-order valence-corrected chi connectivity index (χ3v) is 5.61. The predicted molar refractivity (Wildman–Crippen MR) is 131 cm³/mol. The smallest absolute Gasteiger partial charge is 0.255 e. The van der Waals surface area contributed by atoms with Crippen molar-refractivity contribution >= 4 is 5.91 Å². The van der Waals surface area contributed by atoms with Gasteiger partial charge in [-0.3, -0.25) is 4.79 Å². The number of carbonyl (C=O) groups is 1. The second-order valence-corrected chi connectivity index (χ2v) is 7.97. The largest absolute Gasteiger partial charge is 0.496 e. The van der Waals surface area contributed by atoms with E-state index in [1.807, 2.05) is 86.9 Å². The van der Waals surface area contributed by atoms with Gasteiger partial charge in [-0.05, 0) is 43.9 Å². The number of amides is 1. The van der Waals surface area contributed by atoms with Crippen molar-refractivity contribution in [2.45, 2.75) is 6.04 Å². The summed E-state index contributed by atoms with van der Waals surface area (Å²) in [5.74, 6) is 0.487. The molecule has 6 nitrogen and oxygen atoms in total. The molecular formula is C27H28N4O2. The minimum Gasteiger partial charge on any atom is -0.496 e. The Kier molecular flexibility index (Phi) is 6.86. The summed E-state index contributed by atoms with van der Waals surface area (Å²) in [5, 5.41) is 7.88. The van der Waals surface area contributed by atoms with Crippen LogP contribution in [0.5, 0.6) is 5.75 Å². The van der Waals surface area contributed by atoms with Crippen LogP contribution in [-0.4, -0.2) is 48.3 Å². The molecule has 6 heteroatoms. The normalized spacial score (nSPS) is 11.9. The summed E-state index contributed by atoms with van der Waals surface area (Å²) >= 11 is 0. The SMILES string of the molecule is COc1ccccc1-c1nn(-c2ccccc2)cc1C(=O)NCC(c1ccccc1)N(C)C. The monoisotopic (exact) mass is 440 g/mol. The van der Waals surface area contributed by atoms with E-state index in [4.69, 9.17) is 9.84 Å². The van der Waals surface area contributed by atoms with Gasteiger partial charge in [0.25, 0.3) is 5.91 Å². The number of nitrogens with one attached hydrogen (secondary N) is 1. The fourth-order valence-corrected chi connectivity index (χ4v) is 3.85. The van der Waals surface area contributed by atoms with Crippen molar-refractivity contribution in [1.29, 1.82) is 0 Å². The molecule has 1 amide bonds. The van der Waals surface area contributed by atoms with Crippen LogP contribution in [0.1, 0.15) is 22.0 Å². The molecule has 0 aliphatic rings. The zero-order chi connectivity index (χ0) is 23.2. The Labute approximate surface area is 194 Å². The second kappa shape index (κ2) is 10.1. The molecule has 0 saturated carbocycles. The molecule has 4 aromatic rings. The number of rotatable bonds is 8. The molecule has 1 heterocycles. The molecule has 0 fully saturated rings. The van der Waals surface area contributed by atoms with Crippen LogP contribution in [0.15, 0.2) is 91.1 Å². The van der Waals surface area contributed by atoms with E-state index in [2.05, 4.69) is 22.3 Å². The number of methoxy groups -OCH3 is 1. The van der Waals surface area contributed by atoms with Gasteiger partial charge in [0.15, 0.2) is 0 Å². The van der Waals surface area contributed by atoms with Crippen LogP contribution in [-0.2, 0) is 0 Å². The summed E-state index contributed by atoms with van der Waals surface area (Å²) in [7, 11) is 5.64. The maximum Gasteiger partial charge on any atom is 0.255 e. The first-order valence-electron chi connectivity index (χ1n) is 10.9. The quantitative estimate of drug-likeness (QED) is 0.436. The van der Waals surface area contributed by atoms with Crippen molar-refractivity contribution in [2.75, 3.05) is 27.7 Å². The summed E-state index contributed by atoms with van der Waals surface area (Å²) in [6.45, 7) is 0.470. The van der Waals surface area contributed by atoms with E-state index < -0.39 is 0 Å². The van der Waals surface area contributed by atoms with E-state index in [0.29, 0.717) is 23.6 Å². The van der Waals surface area contributed by atoms with Gasteiger partial charge in [0.1, 0.15) is 11.4 Å². The lowest BCUT2D eigenvalue weighted by molar-refractivity contribution is 0.0942. The third-order valence-electron chi connectivity index (χ3n) is 5.61. The van der Waals surface area contributed by atoms with Crippen molar-refractivity contribution in [1.82, 2.24) is 20.0 Å². The Bertz CT molecular complexity index is 1200. The summed E-state index contributed by atoms with van der Waals surface area (Å²) in [6, 6.07) is 27.6. The van der Waals surface area contributed by atoms with Crippen LogP contribution in [0.25, 0.3) is 16.9 Å². The molecule has 4 rings (SSSR count). The highest BCUT2D eigenvalue weighted by molar-refractivity contribution is 6.00. The number of ether oxygens (including phenoxy) is 1. The van der Waals surface area contributed by atoms with Crippen molar-refractivity contribution in [3.05, 3.63) is 102 Å². The average molecular weight is 441 g/mol. The molecule has 168 valence electrons. The Morgan fingerprint density at radius 2 is 1.61 bits per heavy atom. The summed E-state index contributed by atoms with van der Waals surface area (Å²) < 4.78 is 7.28. The number of nitrogens with zero attached hydrogens (tertiary/aromatic N) is 3. The van der Waals surface area contributed by atoms with Gasteiger partial charge in [0.05, 0.1) is 24.4 Å². The van der Waals surface area contributed by atoms with E-state index in [-0.39, 0.29) is 11.9 Å². The number of hydrogen-bond acceptors (Lipinski definition) is 4. The molecule has 3 aromatic carbocycles. The van der Waals surface area contributed by atoms with Gasteiger partial charge in [-0.1, -0.05) is 60.7 Å². The zero-order valence-electron chi connectivity index (χ0n) is 19.1. The van der Waals surface area contributed by atoms with Gasteiger partial charge in [-0.2, -0.15) is 5.10 Å². The number of carbonyl (C=O) groups excluding carboxylic acids is 1. The van der Waals surface area contributed by atoms with Crippen LogP contribution in [0.3, 0.4) is 0 Å². The van der Waals surface area contributed by atoms with Crippen LogP contribution in [0.4, 0.5) is 0 Å². The Morgan fingerprint density at radius 3 is 2.27 bits per heavy atom. The lowest BCUT2D eigenvalue weighted by Gasteiger charge is -2.25. The van der Waals surface area contributed by atoms with Gasteiger partial charge >= 0.3 is 0 Å². The van der Waals surface area contributed by atoms with Gasteiger partial charge in [0, 0.05) is 18.3 Å². The zero-order valence-corrected chi connectivity index (χ0v) is 19.1. The topological polar surface area (TPSA) is 59.4 Å². The lowest BCUT2D eigenvalue weighted by atomic mass is 10.0. The number of para-hydroxylation sites is 2.